The van der Waals surface area contributed by atoms with E-state index in [1.54, 1.807) is 0 Å². The minimum absolute atomic E-state index is 0.472. The van der Waals surface area contributed by atoms with E-state index in [4.69, 9.17) is 5.73 Å². The van der Waals surface area contributed by atoms with Gasteiger partial charge in [0.1, 0.15) is 0 Å². The smallest absolute Gasteiger partial charge is 0.0111 e. The van der Waals surface area contributed by atoms with E-state index in [-0.39, 0.29) is 0 Å². The first kappa shape index (κ1) is 15.3. The molecule has 0 aromatic rings. The lowest BCUT2D eigenvalue weighted by Crippen LogP contribution is -2.46. The zero-order valence-corrected chi connectivity index (χ0v) is 13.0. The molecule has 1 unspecified atom stereocenters. The molecule has 2 aliphatic rings. The van der Waals surface area contributed by atoms with Gasteiger partial charge in [-0.2, -0.15) is 0 Å². The fourth-order valence-electron chi connectivity index (χ4n) is 4.03. The lowest BCUT2D eigenvalue weighted by Gasteiger charge is -2.40. The standard InChI is InChI=1S/C16H33N3/c1-3-18-12-5-6-15(11-13-18)19(4-2)16-9-7-14(17)8-10-16/h14-16H,3-13,17H2,1-2H3. The molecule has 1 saturated carbocycles. The second-order valence-electron chi connectivity index (χ2n) is 6.42. The van der Waals surface area contributed by atoms with Crippen molar-refractivity contribution in [1.82, 2.24) is 9.80 Å². The summed E-state index contributed by atoms with van der Waals surface area (Å²) in [6, 6.07) is 2.10. The van der Waals surface area contributed by atoms with Crippen LogP contribution >= 0.6 is 0 Å². The molecule has 1 aliphatic heterocycles. The van der Waals surface area contributed by atoms with Crippen molar-refractivity contribution in [2.24, 2.45) is 5.73 Å². The lowest BCUT2D eigenvalue weighted by molar-refractivity contribution is 0.0963. The van der Waals surface area contributed by atoms with Gasteiger partial charge < -0.3 is 10.6 Å². The second-order valence-corrected chi connectivity index (χ2v) is 6.42. The summed E-state index contributed by atoms with van der Waals surface area (Å²) in [7, 11) is 0. The first-order valence-electron chi connectivity index (χ1n) is 8.48. The Labute approximate surface area is 119 Å². The highest BCUT2D eigenvalue weighted by Gasteiger charge is 2.29. The minimum Gasteiger partial charge on any atom is -0.328 e. The molecular weight excluding hydrogens is 234 g/mol. The average molecular weight is 267 g/mol. The van der Waals surface area contributed by atoms with Crippen LogP contribution in [0.2, 0.25) is 0 Å². The average Bonchev–Trinajstić information content (AvgIpc) is 2.67. The van der Waals surface area contributed by atoms with Gasteiger partial charge in [0.05, 0.1) is 0 Å². The van der Waals surface area contributed by atoms with Gasteiger partial charge in [-0.1, -0.05) is 13.8 Å². The molecule has 1 heterocycles. The minimum atomic E-state index is 0.472. The molecular formula is C16H33N3. The van der Waals surface area contributed by atoms with Crippen molar-refractivity contribution in [3.05, 3.63) is 0 Å². The van der Waals surface area contributed by atoms with Gasteiger partial charge in [-0.3, -0.25) is 4.90 Å². The summed E-state index contributed by atoms with van der Waals surface area (Å²) in [5.41, 5.74) is 6.05. The van der Waals surface area contributed by atoms with Crippen molar-refractivity contribution < 1.29 is 0 Å². The normalized spacial score (nSPS) is 34.4. The van der Waals surface area contributed by atoms with Gasteiger partial charge in [0.15, 0.2) is 0 Å². The molecule has 2 fully saturated rings. The molecule has 3 heteroatoms. The monoisotopic (exact) mass is 267 g/mol. The molecule has 0 amide bonds. The highest BCUT2D eigenvalue weighted by molar-refractivity contribution is 4.86. The van der Waals surface area contributed by atoms with Crippen molar-refractivity contribution in [3.8, 4) is 0 Å². The molecule has 1 saturated heterocycles. The quantitative estimate of drug-likeness (QED) is 0.849. The first-order chi connectivity index (χ1) is 9.24. The van der Waals surface area contributed by atoms with Crippen LogP contribution in [0.1, 0.15) is 58.8 Å². The van der Waals surface area contributed by atoms with Crippen LogP contribution in [-0.2, 0) is 0 Å². The summed E-state index contributed by atoms with van der Waals surface area (Å²) in [6.45, 7) is 9.68. The van der Waals surface area contributed by atoms with Gasteiger partial charge in [-0.15, -0.1) is 0 Å². The third-order valence-corrected chi connectivity index (χ3v) is 5.28. The molecule has 2 rings (SSSR count). The Morgan fingerprint density at radius 2 is 1.63 bits per heavy atom. The zero-order valence-electron chi connectivity index (χ0n) is 13.0. The fraction of sp³-hybridized carbons (Fsp3) is 1.00. The molecule has 1 atom stereocenters. The first-order valence-corrected chi connectivity index (χ1v) is 8.48. The number of nitrogens with zero attached hydrogens (tertiary/aromatic N) is 2. The third kappa shape index (κ3) is 4.17. The Morgan fingerprint density at radius 3 is 2.26 bits per heavy atom. The highest BCUT2D eigenvalue weighted by Crippen LogP contribution is 2.27. The molecule has 0 aromatic heterocycles. The topological polar surface area (TPSA) is 32.5 Å². The summed E-state index contributed by atoms with van der Waals surface area (Å²) in [5, 5.41) is 0. The van der Waals surface area contributed by atoms with E-state index in [0.29, 0.717) is 6.04 Å². The Hall–Kier alpha value is -0.120. The summed E-state index contributed by atoms with van der Waals surface area (Å²) < 4.78 is 0. The predicted molar refractivity (Wildman–Crippen MR) is 82.4 cm³/mol. The maximum Gasteiger partial charge on any atom is 0.0111 e. The molecule has 3 nitrogen and oxygen atoms in total. The van der Waals surface area contributed by atoms with Gasteiger partial charge in [0.2, 0.25) is 0 Å². The molecule has 1 aliphatic carbocycles. The Kier molecular flexibility index (Phi) is 6.11. The van der Waals surface area contributed by atoms with E-state index in [9.17, 15) is 0 Å². The van der Waals surface area contributed by atoms with Crippen LogP contribution in [0.25, 0.3) is 0 Å². The molecule has 19 heavy (non-hydrogen) atoms. The second kappa shape index (κ2) is 7.61. The third-order valence-electron chi connectivity index (χ3n) is 5.28. The molecule has 0 aromatic carbocycles. The van der Waals surface area contributed by atoms with Crippen LogP contribution in [0.3, 0.4) is 0 Å². The highest BCUT2D eigenvalue weighted by atomic mass is 15.2. The largest absolute Gasteiger partial charge is 0.328 e. The summed E-state index contributed by atoms with van der Waals surface area (Å²) in [6.07, 6.45) is 9.24. The predicted octanol–water partition coefficient (Wildman–Crippen LogP) is 2.45. The number of likely N-dealkylation sites (tertiary alicyclic amines) is 1. The van der Waals surface area contributed by atoms with Crippen LogP contribution in [0.15, 0.2) is 0 Å². The van der Waals surface area contributed by atoms with Crippen LogP contribution in [-0.4, -0.2) is 54.1 Å². The lowest BCUT2D eigenvalue weighted by atomic mass is 9.89. The van der Waals surface area contributed by atoms with Crippen LogP contribution in [0.5, 0.6) is 0 Å². The number of rotatable bonds is 4. The van der Waals surface area contributed by atoms with Crippen molar-refractivity contribution >= 4 is 0 Å². The number of hydrogen-bond acceptors (Lipinski definition) is 3. The summed E-state index contributed by atoms with van der Waals surface area (Å²) in [4.78, 5) is 5.43. The molecule has 0 spiro atoms. The van der Waals surface area contributed by atoms with Gasteiger partial charge in [0, 0.05) is 18.1 Å². The van der Waals surface area contributed by atoms with Crippen molar-refractivity contribution in [2.45, 2.75) is 76.9 Å². The Bertz CT molecular complexity index is 248. The van der Waals surface area contributed by atoms with Crippen molar-refractivity contribution in [2.75, 3.05) is 26.2 Å². The van der Waals surface area contributed by atoms with E-state index in [2.05, 4.69) is 23.6 Å². The Balaban J connectivity index is 1.89. The SMILES string of the molecule is CCN1CCCC(N(CC)C2CCC(N)CC2)CC1. The maximum atomic E-state index is 6.05. The van der Waals surface area contributed by atoms with Gasteiger partial charge in [-0.25, -0.2) is 0 Å². The maximum absolute atomic E-state index is 6.05. The van der Waals surface area contributed by atoms with Gasteiger partial charge in [-0.05, 0) is 71.1 Å². The van der Waals surface area contributed by atoms with Crippen molar-refractivity contribution in [3.63, 3.8) is 0 Å². The van der Waals surface area contributed by atoms with E-state index in [1.807, 2.05) is 0 Å². The van der Waals surface area contributed by atoms with Crippen LogP contribution in [0, 0.1) is 0 Å². The van der Waals surface area contributed by atoms with Crippen molar-refractivity contribution in [1.29, 1.82) is 0 Å². The number of nitrogens with two attached hydrogens (primary N) is 1. The molecule has 2 N–H and O–H groups in total. The van der Waals surface area contributed by atoms with Crippen LogP contribution < -0.4 is 5.73 Å². The Morgan fingerprint density at radius 1 is 0.947 bits per heavy atom. The van der Waals surface area contributed by atoms with E-state index in [1.165, 1.54) is 71.1 Å². The summed E-state index contributed by atoms with van der Waals surface area (Å²) in [5.74, 6) is 0. The fourth-order valence-corrected chi connectivity index (χ4v) is 4.03. The van der Waals surface area contributed by atoms with Gasteiger partial charge >= 0.3 is 0 Å². The molecule has 0 bridgehead atoms. The van der Waals surface area contributed by atoms with E-state index >= 15 is 0 Å². The number of hydrogen-bond donors (Lipinski definition) is 1. The molecule has 112 valence electrons. The van der Waals surface area contributed by atoms with Crippen LogP contribution in [0.4, 0.5) is 0 Å². The van der Waals surface area contributed by atoms with E-state index < -0.39 is 0 Å². The summed E-state index contributed by atoms with van der Waals surface area (Å²) >= 11 is 0. The van der Waals surface area contributed by atoms with Gasteiger partial charge in [0.25, 0.3) is 0 Å². The van der Waals surface area contributed by atoms with E-state index in [0.717, 1.165) is 12.1 Å². The zero-order chi connectivity index (χ0) is 13.7. The molecule has 0 radical (unpaired) electrons.